The van der Waals surface area contributed by atoms with E-state index in [2.05, 4.69) is 5.32 Å². The van der Waals surface area contributed by atoms with Gasteiger partial charge >= 0.3 is 5.97 Å². The molecule has 0 radical (unpaired) electrons. The van der Waals surface area contributed by atoms with Crippen molar-refractivity contribution in [1.29, 1.82) is 0 Å². The molecule has 1 unspecified atom stereocenters. The third-order valence-electron chi connectivity index (χ3n) is 2.01. The summed E-state index contributed by atoms with van der Waals surface area (Å²) in [6.07, 6.45) is 0. The molecule has 1 atom stereocenters. The van der Waals surface area contributed by atoms with Crippen molar-refractivity contribution in [1.82, 2.24) is 5.32 Å². The van der Waals surface area contributed by atoms with Crippen LogP contribution >= 0.6 is 34.5 Å². The smallest absolute Gasteiger partial charge is 0.319 e. The maximum absolute atomic E-state index is 11.1. The molecule has 1 heterocycles. The van der Waals surface area contributed by atoms with Gasteiger partial charge < -0.3 is 10.1 Å². The fourth-order valence-corrected chi connectivity index (χ4v) is 2.85. The number of esters is 1. The molecule has 0 spiro atoms. The van der Waals surface area contributed by atoms with Crippen LogP contribution in [0.4, 0.5) is 0 Å². The average Bonchev–Trinajstić information content (AvgIpc) is 2.55. The Morgan fingerprint density at radius 2 is 2.31 bits per heavy atom. The first-order valence-corrected chi connectivity index (χ1v) is 6.45. The Morgan fingerprint density at radius 1 is 1.62 bits per heavy atom. The minimum absolute atomic E-state index is 0.0272. The van der Waals surface area contributed by atoms with Gasteiger partial charge in [-0.1, -0.05) is 23.2 Å². The molecule has 1 rings (SSSR count). The molecule has 3 nitrogen and oxygen atoms in total. The van der Waals surface area contributed by atoms with Crippen molar-refractivity contribution >= 4 is 40.5 Å². The SMILES string of the molecule is CCOC(=O)CNC(C)c1cc(Cl)sc1Cl. The molecule has 6 heteroatoms. The van der Waals surface area contributed by atoms with Crippen molar-refractivity contribution in [2.24, 2.45) is 0 Å². The summed E-state index contributed by atoms with van der Waals surface area (Å²) in [5.74, 6) is -0.271. The lowest BCUT2D eigenvalue weighted by molar-refractivity contribution is -0.142. The molecule has 1 aromatic rings. The second kappa shape index (κ2) is 6.45. The summed E-state index contributed by atoms with van der Waals surface area (Å²) in [6.45, 7) is 4.25. The third kappa shape index (κ3) is 3.94. The van der Waals surface area contributed by atoms with E-state index in [9.17, 15) is 4.79 Å². The maximum Gasteiger partial charge on any atom is 0.319 e. The number of carbonyl (C=O) groups excluding carboxylic acids is 1. The van der Waals surface area contributed by atoms with Gasteiger partial charge in [-0.3, -0.25) is 4.79 Å². The average molecular weight is 282 g/mol. The minimum Gasteiger partial charge on any atom is -0.465 e. The van der Waals surface area contributed by atoms with Gasteiger partial charge in [0.25, 0.3) is 0 Å². The Hall–Kier alpha value is -0.290. The highest BCUT2D eigenvalue weighted by molar-refractivity contribution is 7.20. The normalized spacial score (nSPS) is 12.5. The molecular weight excluding hydrogens is 269 g/mol. The monoisotopic (exact) mass is 281 g/mol. The Kier molecular flexibility index (Phi) is 5.55. The molecule has 0 saturated carbocycles. The van der Waals surface area contributed by atoms with Gasteiger partial charge in [0, 0.05) is 6.04 Å². The molecule has 0 aromatic carbocycles. The fraction of sp³-hybridized carbons (Fsp3) is 0.500. The van der Waals surface area contributed by atoms with Gasteiger partial charge in [0.2, 0.25) is 0 Å². The second-order valence-corrected chi connectivity index (χ2v) is 5.47. The number of rotatable bonds is 5. The van der Waals surface area contributed by atoms with Crippen LogP contribution in [0, 0.1) is 0 Å². The van der Waals surface area contributed by atoms with Gasteiger partial charge in [-0.25, -0.2) is 0 Å². The molecule has 0 aliphatic carbocycles. The second-order valence-electron chi connectivity index (χ2n) is 3.19. The largest absolute Gasteiger partial charge is 0.465 e. The van der Waals surface area contributed by atoms with Crippen LogP contribution in [0.3, 0.4) is 0 Å². The van der Waals surface area contributed by atoms with Crippen molar-refractivity contribution in [3.8, 4) is 0 Å². The van der Waals surface area contributed by atoms with Crippen LogP contribution in [-0.2, 0) is 9.53 Å². The molecule has 0 bridgehead atoms. The predicted octanol–water partition coefficient (Wildman–Crippen LogP) is 3.27. The Balaban J connectivity index is 2.49. The first-order valence-electron chi connectivity index (χ1n) is 4.88. The summed E-state index contributed by atoms with van der Waals surface area (Å²) in [6, 6.07) is 1.78. The van der Waals surface area contributed by atoms with Crippen LogP contribution in [0.25, 0.3) is 0 Å². The molecule has 1 aromatic heterocycles. The van der Waals surface area contributed by atoms with Crippen LogP contribution in [0.15, 0.2) is 6.07 Å². The van der Waals surface area contributed by atoms with E-state index in [4.69, 9.17) is 27.9 Å². The fourth-order valence-electron chi connectivity index (χ4n) is 1.21. The lowest BCUT2D eigenvalue weighted by atomic mass is 10.2. The van der Waals surface area contributed by atoms with Crippen molar-refractivity contribution in [3.05, 3.63) is 20.3 Å². The van der Waals surface area contributed by atoms with Crippen molar-refractivity contribution < 1.29 is 9.53 Å². The molecule has 0 aliphatic heterocycles. The standard InChI is InChI=1S/C10H13Cl2NO2S/c1-3-15-9(14)5-13-6(2)7-4-8(11)16-10(7)12/h4,6,13H,3,5H2,1-2H3. The van der Waals surface area contributed by atoms with E-state index in [0.29, 0.717) is 15.3 Å². The molecule has 0 fully saturated rings. The Morgan fingerprint density at radius 3 is 2.81 bits per heavy atom. The van der Waals surface area contributed by atoms with E-state index >= 15 is 0 Å². The number of thiophene rings is 1. The molecule has 0 aliphatic rings. The van der Waals surface area contributed by atoms with Crippen molar-refractivity contribution in [2.45, 2.75) is 19.9 Å². The van der Waals surface area contributed by atoms with E-state index in [-0.39, 0.29) is 18.6 Å². The number of ether oxygens (including phenoxy) is 1. The summed E-state index contributed by atoms with van der Waals surface area (Å²) in [5.41, 5.74) is 0.904. The van der Waals surface area contributed by atoms with E-state index in [1.54, 1.807) is 13.0 Å². The highest BCUT2D eigenvalue weighted by Crippen LogP contribution is 2.34. The van der Waals surface area contributed by atoms with Gasteiger partial charge in [0.1, 0.15) is 0 Å². The zero-order valence-electron chi connectivity index (χ0n) is 9.05. The highest BCUT2D eigenvalue weighted by atomic mass is 35.5. The maximum atomic E-state index is 11.1. The number of carbonyl (C=O) groups is 1. The van der Waals surface area contributed by atoms with Crippen LogP contribution in [-0.4, -0.2) is 19.1 Å². The number of hydrogen-bond acceptors (Lipinski definition) is 4. The predicted molar refractivity (Wildman–Crippen MR) is 67.4 cm³/mol. The summed E-state index contributed by atoms with van der Waals surface area (Å²) < 4.78 is 6.10. The van der Waals surface area contributed by atoms with Crippen LogP contribution in [0.2, 0.25) is 8.67 Å². The first kappa shape index (κ1) is 13.8. The molecule has 1 N–H and O–H groups in total. The zero-order chi connectivity index (χ0) is 12.1. The van der Waals surface area contributed by atoms with Gasteiger partial charge in [0.05, 0.1) is 21.8 Å². The van der Waals surface area contributed by atoms with Crippen molar-refractivity contribution in [3.63, 3.8) is 0 Å². The first-order chi connectivity index (χ1) is 7.54. The zero-order valence-corrected chi connectivity index (χ0v) is 11.4. The van der Waals surface area contributed by atoms with Gasteiger partial charge in [-0.2, -0.15) is 0 Å². The molecule has 0 amide bonds. The third-order valence-corrected chi connectivity index (χ3v) is 3.53. The van der Waals surface area contributed by atoms with E-state index in [1.807, 2.05) is 6.92 Å². The van der Waals surface area contributed by atoms with Gasteiger partial charge in [-0.15, -0.1) is 11.3 Å². The van der Waals surface area contributed by atoms with E-state index < -0.39 is 0 Å². The lowest BCUT2D eigenvalue weighted by Crippen LogP contribution is -2.27. The minimum atomic E-state index is -0.271. The number of hydrogen-bond donors (Lipinski definition) is 1. The molecule has 90 valence electrons. The molecule has 0 saturated heterocycles. The summed E-state index contributed by atoms with van der Waals surface area (Å²) in [4.78, 5) is 11.1. The summed E-state index contributed by atoms with van der Waals surface area (Å²) in [7, 11) is 0. The van der Waals surface area contributed by atoms with E-state index in [1.165, 1.54) is 11.3 Å². The Labute approximate surface area is 109 Å². The van der Waals surface area contributed by atoms with Crippen LogP contribution in [0.5, 0.6) is 0 Å². The van der Waals surface area contributed by atoms with Crippen molar-refractivity contribution in [2.75, 3.05) is 13.2 Å². The van der Waals surface area contributed by atoms with Gasteiger partial charge in [-0.05, 0) is 25.5 Å². The summed E-state index contributed by atoms with van der Waals surface area (Å²) >= 11 is 13.1. The Bertz CT molecular complexity index is 368. The molecular formula is C10H13Cl2NO2S. The molecule has 16 heavy (non-hydrogen) atoms. The number of halogens is 2. The number of nitrogens with one attached hydrogen (secondary N) is 1. The highest BCUT2D eigenvalue weighted by Gasteiger charge is 2.14. The quantitative estimate of drug-likeness (QED) is 0.842. The summed E-state index contributed by atoms with van der Waals surface area (Å²) in [5, 5.41) is 3.03. The topological polar surface area (TPSA) is 38.3 Å². The van der Waals surface area contributed by atoms with E-state index in [0.717, 1.165) is 5.56 Å². The van der Waals surface area contributed by atoms with Gasteiger partial charge in [0.15, 0.2) is 0 Å². The lowest BCUT2D eigenvalue weighted by Gasteiger charge is -2.12. The van der Waals surface area contributed by atoms with Crippen LogP contribution in [0.1, 0.15) is 25.5 Å². The van der Waals surface area contributed by atoms with Crippen LogP contribution < -0.4 is 5.32 Å².